The minimum absolute atomic E-state index is 0.0561. The van der Waals surface area contributed by atoms with Crippen molar-refractivity contribution < 1.29 is 27.3 Å². The maximum atomic E-state index is 12.4. The minimum atomic E-state index is -4.03. The average Bonchev–Trinajstić information content (AvgIpc) is 2.68. The first-order chi connectivity index (χ1) is 13.3. The molecule has 0 unspecified atom stereocenters. The van der Waals surface area contributed by atoms with Crippen LogP contribution in [0.1, 0.15) is 27.6 Å². The second-order valence-electron chi connectivity index (χ2n) is 6.01. The second-order valence-corrected chi connectivity index (χ2v) is 7.55. The Hall–Kier alpha value is -3.45. The van der Waals surface area contributed by atoms with Crippen molar-refractivity contribution in [3.63, 3.8) is 0 Å². The number of carbonyl (C=O) groups excluding carboxylic acids is 2. The molecule has 3 rings (SSSR count). The molecule has 7 heteroatoms. The molecule has 0 amide bonds. The highest BCUT2D eigenvalue weighted by Gasteiger charge is 2.17. The molecule has 0 saturated heterocycles. The van der Waals surface area contributed by atoms with Gasteiger partial charge in [0.1, 0.15) is 10.6 Å². The van der Waals surface area contributed by atoms with E-state index in [0.717, 1.165) is 11.1 Å². The van der Waals surface area contributed by atoms with Crippen molar-refractivity contribution >= 4 is 21.9 Å². The van der Waals surface area contributed by atoms with Gasteiger partial charge in [0.25, 0.3) is 0 Å². The average molecular weight is 395 g/mol. The highest BCUT2D eigenvalue weighted by atomic mass is 32.2. The molecule has 0 spiro atoms. The lowest BCUT2D eigenvalue weighted by molar-refractivity contribution is -0.255. The van der Waals surface area contributed by atoms with E-state index in [-0.39, 0.29) is 22.0 Å². The van der Waals surface area contributed by atoms with E-state index in [9.17, 15) is 23.1 Å². The van der Waals surface area contributed by atoms with Crippen LogP contribution in [0.5, 0.6) is 5.75 Å². The Kier molecular flexibility index (Phi) is 5.28. The number of Topliss-reactive ketones (excluding diaryl/α,β-unsaturated/α-hetero) is 1. The molecule has 0 aromatic heterocycles. The number of carboxylic acids is 1. The van der Waals surface area contributed by atoms with Crippen molar-refractivity contribution in [3.8, 4) is 16.9 Å². The monoisotopic (exact) mass is 395 g/mol. The molecule has 0 saturated carbocycles. The highest BCUT2D eigenvalue weighted by molar-refractivity contribution is 7.87. The summed E-state index contributed by atoms with van der Waals surface area (Å²) in [5, 5.41) is 10.8. The molecule has 142 valence electrons. The van der Waals surface area contributed by atoms with Gasteiger partial charge in [0, 0.05) is 5.56 Å². The molecule has 6 nitrogen and oxygen atoms in total. The van der Waals surface area contributed by atoms with Crippen molar-refractivity contribution in [3.05, 3.63) is 83.9 Å². The third-order valence-corrected chi connectivity index (χ3v) is 5.33. The fraction of sp³-hybridized carbons (Fsp3) is 0.0476. The van der Waals surface area contributed by atoms with Crippen molar-refractivity contribution in [1.29, 1.82) is 0 Å². The molecule has 0 N–H and O–H groups in total. The smallest absolute Gasteiger partial charge is 0.339 e. The lowest BCUT2D eigenvalue weighted by Gasteiger charge is -2.09. The molecule has 0 bridgehead atoms. The van der Waals surface area contributed by atoms with Crippen molar-refractivity contribution in [2.24, 2.45) is 0 Å². The van der Waals surface area contributed by atoms with Gasteiger partial charge >= 0.3 is 10.1 Å². The Labute approximate surface area is 162 Å². The number of carbonyl (C=O) groups is 2. The normalized spacial score (nSPS) is 11.0. The third kappa shape index (κ3) is 4.27. The summed E-state index contributed by atoms with van der Waals surface area (Å²) in [4.78, 5) is 22.0. The second kappa shape index (κ2) is 7.66. The summed E-state index contributed by atoms with van der Waals surface area (Å²) < 4.78 is 29.9. The number of hydrogen-bond acceptors (Lipinski definition) is 6. The maximum absolute atomic E-state index is 12.4. The standard InChI is InChI=1S/C21H16O6S/c1-14(22)15-8-12-20(13-9-15)28(25,26)27-19-10-6-17(7-11-19)16-2-4-18(5-3-16)21(23)24/h2-13H,1H3,(H,23,24)/p-1. The van der Waals surface area contributed by atoms with Crippen LogP contribution in [0.25, 0.3) is 11.1 Å². The zero-order valence-corrected chi connectivity index (χ0v) is 15.6. The molecule has 28 heavy (non-hydrogen) atoms. The minimum Gasteiger partial charge on any atom is -0.545 e. The number of carboxylic acid groups (broad SMARTS) is 1. The molecule has 3 aromatic carbocycles. The van der Waals surface area contributed by atoms with Gasteiger partial charge in [-0.15, -0.1) is 0 Å². The molecule has 0 aliphatic rings. The van der Waals surface area contributed by atoms with Gasteiger partial charge in [-0.2, -0.15) is 8.42 Å². The predicted molar refractivity (Wildman–Crippen MR) is 100 cm³/mol. The van der Waals surface area contributed by atoms with Gasteiger partial charge in [-0.25, -0.2) is 0 Å². The first kappa shape index (κ1) is 19.3. The van der Waals surface area contributed by atoms with E-state index in [4.69, 9.17) is 4.18 Å². The first-order valence-corrected chi connectivity index (χ1v) is 9.64. The van der Waals surface area contributed by atoms with E-state index in [1.54, 1.807) is 24.3 Å². The van der Waals surface area contributed by atoms with E-state index in [1.807, 2.05) is 0 Å². The zero-order chi connectivity index (χ0) is 20.3. The van der Waals surface area contributed by atoms with E-state index in [1.165, 1.54) is 55.5 Å². The Morgan fingerprint density at radius 2 is 1.21 bits per heavy atom. The highest BCUT2D eigenvalue weighted by Crippen LogP contribution is 2.25. The van der Waals surface area contributed by atoms with Gasteiger partial charge < -0.3 is 14.1 Å². The van der Waals surface area contributed by atoms with E-state index in [2.05, 4.69) is 0 Å². The predicted octanol–water partition coefficient (Wildman–Crippen LogP) is 2.69. The van der Waals surface area contributed by atoms with Crippen LogP contribution in [0, 0.1) is 0 Å². The summed E-state index contributed by atoms with van der Waals surface area (Å²) >= 11 is 0. The van der Waals surface area contributed by atoms with Gasteiger partial charge in [0.2, 0.25) is 0 Å². The van der Waals surface area contributed by atoms with Gasteiger partial charge in [-0.3, -0.25) is 4.79 Å². The fourth-order valence-electron chi connectivity index (χ4n) is 2.53. The summed E-state index contributed by atoms with van der Waals surface area (Å²) in [7, 11) is -4.03. The molecule has 3 aromatic rings. The first-order valence-electron chi connectivity index (χ1n) is 8.23. The van der Waals surface area contributed by atoms with E-state index < -0.39 is 16.1 Å². The Morgan fingerprint density at radius 3 is 1.68 bits per heavy atom. The van der Waals surface area contributed by atoms with Crippen LogP contribution >= 0.6 is 0 Å². The number of benzene rings is 3. The molecule has 0 aliphatic heterocycles. The van der Waals surface area contributed by atoms with Gasteiger partial charge in [0.15, 0.2) is 5.78 Å². The van der Waals surface area contributed by atoms with E-state index in [0.29, 0.717) is 5.56 Å². The summed E-state index contributed by atoms with van der Waals surface area (Å²) in [6.07, 6.45) is 0. The summed E-state index contributed by atoms with van der Waals surface area (Å²) in [5.74, 6) is -1.28. The molecule has 0 heterocycles. The Morgan fingerprint density at radius 1 is 0.750 bits per heavy atom. The molecule has 0 fully saturated rings. The van der Waals surface area contributed by atoms with Gasteiger partial charge in [-0.1, -0.05) is 48.5 Å². The van der Waals surface area contributed by atoms with Crippen LogP contribution in [0.15, 0.2) is 77.7 Å². The topological polar surface area (TPSA) is 101 Å². The summed E-state index contributed by atoms with van der Waals surface area (Å²) in [5.41, 5.74) is 2.01. The molecule has 0 atom stereocenters. The van der Waals surface area contributed by atoms with Crippen LogP contribution in [0.2, 0.25) is 0 Å². The van der Waals surface area contributed by atoms with E-state index >= 15 is 0 Å². The van der Waals surface area contributed by atoms with Crippen LogP contribution in [-0.4, -0.2) is 20.2 Å². The number of ketones is 1. The summed E-state index contributed by atoms with van der Waals surface area (Å²) in [6, 6.07) is 18.0. The van der Waals surface area contributed by atoms with Crippen LogP contribution in [0.4, 0.5) is 0 Å². The Balaban J connectivity index is 1.77. The van der Waals surface area contributed by atoms with Crippen molar-refractivity contribution in [1.82, 2.24) is 0 Å². The van der Waals surface area contributed by atoms with Gasteiger partial charge in [-0.05, 0) is 47.9 Å². The summed E-state index contributed by atoms with van der Waals surface area (Å²) in [6.45, 7) is 1.40. The lowest BCUT2D eigenvalue weighted by atomic mass is 10.0. The largest absolute Gasteiger partial charge is 0.545 e. The van der Waals surface area contributed by atoms with Gasteiger partial charge in [0.05, 0.1) is 5.97 Å². The third-order valence-electron chi connectivity index (χ3n) is 4.06. The molecule has 0 radical (unpaired) electrons. The molecule has 0 aliphatic carbocycles. The maximum Gasteiger partial charge on any atom is 0.339 e. The van der Waals surface area contributed by atoms with Crippen LogP contribution < -0.4 is 9.29 Å². The van der Waals surface area contributed by atoms with Crippen LogP contribution in [0.3, 0.4) is 0 Å². The van der Waals surface area contributed by atoms with Crippen molar-refractivity contribution in [2.75, 3.05) is 0 Å². The zero-order valence-electron chi connectivity index (χ0n) is 14.8. The lowest BCUT2D eigenvalue weighted by Crippen LogP contribution is -2.21. The number of hydrogen-bond donors (Lipinski definition) is 0. The van der Waals surface area contributed by atoms with Crippen LogP contribution in [-0.2, 0) is 10.1 Å². The molecular formula is C21H15O6S-. The van der Waals surface area contributed by atoms with Crippen molar-refractivity contribution in [2.45, 2.75) is 11.8 Å². The fourth-order valence-corrected chi connectivity index (χ4v) is 3.46. The quantitative estimate of drug-likeness (QED) is 0.470. The number of aromatic carboxylic acids is 1. The SMILES string of the molecule is CC(=O)c1ccc(S(=O)(=O)Oc2ccc(-c3ccc(C(=O)[O-])cc3)cc2)cc1. The number of rotatable bonds is 6. The Bertz CT molecular complexity index is 1110. The molecular weight excluding hydrogens is 380 g/mol.